The number of carbonyl (C=O) groups is 1. The summed E-state index contributed by atoms with van der Waals surface area (Å²) in [5, 5.41) is 11.9. The lowest BCUT2D eigenvalue weighted by molar-refractivity contribution is -0.116. The van der Waals surface area contributed by atoms with E-state index in [9.17, 15) is 4.79 Å². The van der Waals surface area contributed by atoms with Gasteiger partial charge in [0.1, 0.15) is 0 Å². The van der Waals surface area contributed by atoms with Crippen LogP contribution in [0.4, 0.5) is 5.95 Å². The average molecular weight is 437 g/mol. The summed E-state index contributed by atoms with van der Waals surface area (Å²) in [6, 6.07) is 14.9. The first-order valence-corrected chi connectivity index (χ1v) is 10.7. The predicted octanol–water partition coefficient (Wildman–Crippen LogP) is 4.14. The van der Waals surface area contributed by atoms with E-state index in [1.165, 1.54) is 7.11 Å². The van der Waals surface area contributed by atoms with Gasteiger partial charge in [-0.3, -0.25) is 10.1 Å². The van der Waals surface area contributed by atoms with Crippen molar-refractivity contribution in [3.63, 3.8) is 0 Å². The number of imidazole rings is 1. The van der Waals surface area contributed by atoms with Gasteiger partial charge in [0, 0.05) is 32.2 Å². The van der Waals surface area contributed by atoms with E-state index in [0.717, 1.165) is 17.5 Å². The van der Waals surface area contributed by atoms with E-state index >= 15 is 0 Å². The highest BCUT2D eigenvalue weighted by atomic mass is 16.5. The Morgan fingerprint density at radius 3 is 2.78 bits per heavy atom. The van der Waals surface area contributed by atoms with E-state index in [0.29, 0.717) is 62.2 Å². The number of aromatic nitrogens is 2. The number of ether oxygens (including phenoxy) is 3. The molecule has 8 heteroatoms. The number of amides is 1. The van der Waals surface area contributed by atoms with E-state index in [4.69, 9.17) is 19.5 Å². The number of nitrogens with one attached hydrogen (secondary N) is 1. The van der Waals surface area contributed by atoms with Crippen molar-refractivity contribution < 1.29 is 19.0 Å². The van der Waals surface area contributed by atoms with Gasteiger partial charge in [0.2, 0.25) is 11.9 Å². The second-order valence-corrected chi connectivity index (χ2v) is 7.10. The molecule has 0 radical (unpaired) electrons. The number of anilines is 1. The first kappa shape index (κ1) is 23.1. The van der Waals surface area contributed by atoms with Crippen LogP contribution < -0.4 is 14.8 Å². The summed E-state index contributed by atoms with van der Waals surface area (Å²) in [5.74, 6) is 1.46. The fourth-order valence-electron chi connectivity index (χ4n) is 3.32. The number of hydrogen-bond donors (Lipinski definition) is 1. The smallest absolute Gasteiger partial charge is 0.226 e. The molecule has 32 heavy (non-hydrogen) atoms. The van der Waals surface area contributed by atoms with Crippen LogP contribution in [0.5, 0.6) is 11.5 Å². The number of nitrogens with zero attached hydrogens (tertiary/aromatic N) is 3. The Hall–Kier alpha value is -3.57. The third-order valence-electron chi connectivity index (χ3n) is 4.88. The first-order chi connectivity index (χ1) is 15.7. The van der Waals surface area contributed by atoms with E-state index in [1.54, 1.807) is 18.2 Å². The summed E-state index contributed by atoms with van der Waals surface area (Å²) < 4.78 is 18.4. The van der Waals surface area contributed by atoms with Gasteiger partial charge in [-0.25, -0.2) is 4.98 Å². The fraction of sp³-hybridized carbons (Fsp3) is 0.375. The average Bonchev–Trinajstić information content (AvgIpc) is 3.16. The zero-order valence-corrected chi connectivity index (χ0v) is 18.5. The Morgan fingerprint density at radius 1 is 1.16 bits per heavy atom. The first-order valence-electron chi connectivity index (χ1n) is 10.7. The lowest BCUT2D eigenvalue weighted by Crippen LogP contribution is -2.17. The lowest BCUT2D eigenvalue weighted by atomic mass is 10.2. The summed E-state index contributed by atoms with van der Waals surface area (Å²) in [6.07, 6.45) is 1.65. The Kier molecular flexibility index (Phi) is 8.46. The molecule has 0 bridgehead atoms. The summed E-state index contributed by atoms with van der Waals surface area (Å²) >= 11 is 0. The van der Waals surface area contributed by atoms with E-state index in [2.05, 4.69) is 16.4 Å². The standard InChI is InChI=1S/C24H28N4O4/c1-3-31-14-7-13-28-20-9-5-4-8-19(20)26-24(28)27-23(29)10-6-15-32-21-12-11-18(17-25)16-22(21)30-2/h4-5,8-9,11-12,16H,3,6-7,10,13-15H2,1-2H3,(H,26,27,29). The number of rotatable bonds is 12. The molecular formula is C24H28N4O4. The molecule has 0 aliphatic rings. The molecule has 0 saturated carbocycles. The summed E-state index contributed by atoms with van der Waals surface area (Å²) in [7, 11) is 1.53. The normalized spacial score (nSPS) is 10.7. The zero-order chi connectivity index (χ0) is 22.8. The number of para-hydroxylation sites is 2. The summed E-state index contributed by atoms with van der Waals surface area (Å²) in [6.45, 7) is 4.37. The molecule has 0 atom stereocenters. The van der Waals surface area contributed by atoms with Crippen molar-refractivity contribution in [2.24, 2.45) is 0 Å². The predicted molar refractivity (Wildman–Crippen MR) is 122 cm³/mol. The molecule has 0 spiro atoms. The van der Waals surface area contributed by atoms with Gasteiger partial charge in [-0.2, -0.15) is 5.26 Å². The number of nitriles is 1. The molecule has 1 heterocycles. The van der Waals surface area contributed by atoms with Crippen molar-refractivity contribution in [1.82, 2.24) is 9.55 Å². The molecule has 0 saturated heterocycles. The van der Waals surface area contributed by atoms with Crippen LogP contribution in [-0.2, 0) is 16.1 Å². The van der Waals surface area contributed by atoms with E-state index in [-0.39, 0.29) is 5.91 Å². The monoisotopic (exact) mass is 436 g/mol. The van der Waals surface area contributed by atoms with Crippen LogP contribution in [0, 0.1) is 11.3 Å². The molecule has 0 fully saturated rings. The third kappa shape index (κ3) is 5.99. The number of methoxy groups -OCH3 is 1. The molecule has 1 aromatic heterocycles. The van der Waals surface area contributed by atoms with Gasteiger partial charge in [-0.1, -0.05) is 12.1 Å². The molecule has 3 rings (SSSR count). The number of aryl methyl sites for hydroxylation is 1. The molecule has 0 aliphatic carbocycles. The molecule has 8 nitrogen and oxygen atoms in total. The Balaban J connectivity index is 1.55. The highest BCUT2D eigenvalue weighted by Gasteiger charge is 2.13. The second kappa shape index (κ2) is 11.7. The van der Waals surface area contributed by atoms with Crippen LogP contribution in [0.25, 0.3) is 11.0 Å². The Labute approximate surface area is 187 Å². The minimum absolute atomic E-state index is 0.123. The van der Waals surface area contributed by atoms with Crippen molar-refractivity contribution in [2.75, 3.05) is 32.2 Å². The Morgan fingerprint density at radius 2 is 2.00 bits per heavy atom. The maximum atomic E-state index is 12.5. The zero-order valence-electron chi connectivity index (χ0n) is 18.5. The van der Waals surface area contributed by atoms with Gasteiger partial charge in [0.05, 0.1) is 36.4 Å². The quantitative estimate of drug-likeness (QED) is 0.429. The summed E-state index contributed by atoms with van der Waals surface area (Å²) in [4.78, 5) is 17.1. The van der Waals surface area contributed by atoms with Crippen LogP contribution in [0.1, 0.15) is 31.7 Å². The molecule has 1 N–H and O–H groups in total. The topological polar surface area (TPSA) is 98.4 Å². The largest absolute Gasteiger partial charge is 0.493 e. The van der Waals surface area contributed by atoms with Crippen LogP contribution in [-0.4, -0.2) is 42.4 Å². The van der Waals surface area contributed by atoms with Gasteiger partial charge in [-0.05, 0) is 44.0 Å². The highest BCUT2D eigenvalue weighted by molar-refractivity contribution is 5.91. The third-order valence-corrected chi connectivity index (χ3v) is 4.88. The number of hydrogen-bond acceptors (Lipinski definition) is 6. The van der Waals surface area contributed by atoms with Gasteiger partial charge in [0.15, 0.2) is 11.5 Å². The molecule has 0 unspecified atom stereocenters. The summed E-state index contributed by atoms with van der Waals surface area (Å²) in [5.41, 5.74) is 2.32. The van der Waals surface area contributed by atoms with Crippen molar-refractivity contribution >= 4 is 22.9 Å². The Bertz CT molecular complexity index is 1090. The van der Waals surface area contributed by atoms with Crippen molar-refractivity contribution in [3.05, 3.63) is 48.0 Å². The number of fused-ring (bicyclic) bond motifs is 1. The fourth-order valence-corrected chi connectivity index (χ4v) is 3.32. The van der Waals surface area contributed by atoms with Crippen LogP contribution >= 0.6 is 0 Å². The maximum absolute atomic E-state index is 12.5. The van der Waals surface area contributed by atoms with Crippen molar-refractivity contribution in [2.45, 2.75) is 32.7 Å². The molecule has 0 aliphatic heterocycles. The number of benzene rings is 2. The van der Waals surface area contributed by atoms with Gasteiger partial charge in [0.25, 0.3) is 0 Å². The lowest BCUT2D eigenvalue weighted by Gasteiger charge is -2.12. The van der Waals surface area contributed by atoms with Crippen molar-refractivity contribution in [1.29, 1.82) is 5.26 Å². The van der Waals surface area contributed by atoms with Crippen LogP contribution in [0.15, 0.2) is 42.5 Å². The van der Waals surface area contributed by atoms with Crippen LogP contribution in [0.3, 0.4) is 0 Å². The molecule has 1 amide bonds. The minimum atomic E-state index is -0.123. The number of carbonyl (C=O) groups excluding carboxylic acids is 1. The van der Waals surface area contributed by atoms with Gasteiger partial charge < -0.3 is 18.8 Å². The highest BCUT2D eigenvalue weighted by Crippen LogP contribution is 2.28. The van der Waals surface area contributed by atoms with E-state index in [1.807, 2.05) is 35.8 Å². The van der Waals surface area contributed by atoms with Gasteiger partial charge >= 0.3 is 0 Å². The van der Waals surface area contributed by atoms with Crippen LogP contribution in [0.2, 0.25) is 0 Å². The second-order valence-electron chi connectivity index (χ2n) is 7.10. The van der Waals surface area contributed by atoms with Crippen molar-refractivity contribution in [3.8, 4) is 17.6 Å². The molecule has 3 aromatic rings. The molecular weight excluding hydrogens is 408 g/mol. The maximum Gasteiger partial charge on any atom is 0.226 e. The minimum Gasteiger partial charge on any atom is -0.493 e. The van der Waals surface area contributed by atoms with E-state index < -0.39 is 0 Å². The molecule has 168 valence electrons. The SMILES string of the molecule is CCOCCCn1c(NC(=O)CCCOc2ccc(C#N)cc2OC)nc2ccccc21. The van der Waals surface area contributed by atoms with Gasteiger partial charge in [-0.15, -0.1) is 0 Å². The molecule has 2 aromatic carbocycles.